The van der Waals surface area contributed by atoms with Crippen molar-refractivity contribution in [2.45, 2.75) is 34.1 Å². The summed E-state index contributed by atoms with van der Waals surface area (Å²) in [4.78, 5) is 0. The van der Waals surface area contributed by atoms with Crippen LogP contribution in [0.1, 0.15) is 34.1 Å². The zero-order chi connectivity index (χ0) is 13.5. The molecule has 0 aliphatic carbocycles. The van der Waals surface area contributed by atoms with Crippen molar-refractivity contribution in [3.63, 3.8) is 0 Å². The van der Waals surface area contributed by atoms with Gasteiger partial charge in [-0.25, -0.2) is 0 Å². The summed E-state index contributed by atoms with van der Waals surface area (Å²) in [7, 11) is 0. The summed E-state index contributed by atoms with van der Waals surface area (Å²) < 4.78 is 5.58. The van der Waals surface area contributed by atoms with Crippen molar-refractivity contribution >= 4 is 17.3 Å². The fourth-order valence-corrected chi connectivity index (χ4v) is 2.27. The maximum atomic E-state index is 6.02. The molecule has 1 aromatic rings. The van der Waals surface area contributed by atoms with Crippen LogP contribution in [0.2, 0.25) is 5.02 Å². The molecular formula is C15H24ClNO. The summed E-state index contributed by atoms with van der Waals surface area (Å²) in [5.41, 5.74) is 0.986. The minimum Gasteiger partial charge on any atom is -0.492 e. The lowest BCUT2D eigenvalue weighted by Gasteiger charge is -2.17. The van der Waals surface area contributed by atoms with E-state index in [0.29, 0.717) is 12.5 Å². The van der Waals surface area contributed by atoms with E-state index < -0.39 is 0 Å². The molecule has 0 aliphatic heterocycles. The summed E-state index contributed by atoms with van der Waals surface area (Å²) in [5.74, 6) is 2.24. The molecular weight excluding hydrogens is 246 g/mol. The average Bonchev–Trinajstić information content (AvgIpc) is 2.29. The summed E-state index contributed by atoms with van der Waals surface area (Å²) in [5, 5.41) is 4.17. The normalized spacial score (nSPS) is 12.6. The molecule has 3 heteroatoms. The highest BCUT2D eigenvalue weighted by Crippen LogP contribution is 2.28. The van der Waals surface area contributed by atoms with Gasteiger partial charge in [0.2, 0.25) is 0 Å². The molecule has 0 spiro atoms. The predicted octanol–water partition coefficient (Wildman–Crippen LogP) is 4.83. The third kappa shape index (κ3) is 5.18. The van der Waals surface area contributed by atoms with E-state index in [4.69, 9.17) is 16.3 Å². The van der Waals surface area contributed by atoms with Gasteiger partial charge in [-0.15, -0.1) is 0 Å². The van der Waals surface area contributed by atoms with E-state index in [9.17, 15) is 0 Å². The molecule has 0 heterocycles. The number of halogens is 1. The van der Waals surface area contributed by atoms with Crippen molar-refractivity contribution in [3.05, 3.63) is 23.2 Å². The lowest BCUT2D eigenvalue weighted by atomic mass is 9.99. The van der Waals surface area contributed by atoms with Crippen molar-refractivity contribution in [2.75, 3.05) is 18.5 Å². The summed E-state index contributed by atoms with van der Waals surface area (Å²) in [6, 6.07) is 5.70. The molecule has 1 unspecified atom stereocenters. The SMILES string of the molecule is CCOc1ccc(Cl)cc1NCC(C)CC(C)C. The number of ether oxygens (including phenoxy) is 1. The van der Waals surface area contributed by atoms with Crippen LogP contribution < -0.4 is 10.1 Å². The van der Waals surface area contributed by atoms with Gasteiger partial charge in [-0.05, 0) is 43.4 Å². The third-order valence-corrected chi connectivity index (χ3v) is 2.99. The van der Waals surface area contributed by atoms with E-state index in [-0.39, 0.29) is 0 Å². The van der Waals surface area contributed by atoms with Crippen LogP contribution in [-0.2, 0) is 0 Å². The van der Waals surface area contributed by atoms with Crippen LogP contribution in [0.15, 0.2) is 18.2 Å². The van der Waals surface area contributed by atoms with E-state index in [1.165, 1.54) is 6.42 Å². The molecule has 0 aliphatic rings. The molecule has 0 aromatic heterocycles. The lowest BCUT2D eigenvalue weighted by Crippen LogP contribution is -2.14. The van der Waals surface area contributed by atoms with E-state index >= 15 is 0 Å². The number of rotatable bonds is 7. The first-order valence-electron chi connectivity index (χ1n) is 6.69. The quantitative estimate of drug-likeness (QED) is 0.765. The second-order valence-electron chi connectivity index (χ2n) is 5.19. The Kier molecular flexibility index (Phi) is 6.34. The van der Waals surface area contributed by atoms with Crippen LogP contribution >= 0.6 is 11.6 Å². The van der Waals surface area contributed by atoms with Gasteiger partial charge in [0.1, 0.15) is 5.75 Å². The molecule has 1 aromatic carbocycles. The third-order valence-electron chi connectivity index (χ3n) is 2.76. The first-order valence-corrected chi connectivity index (χ1v) is 7.07. The van der Waals surface area contributed by atoms with Crippen molar-refractivity contribution in [3.8, 4) is 5.75 Å². The molecule has 102 valence electrons. The van der Waals surface area contributed by atoms with Gasteiger partial charge in [-0.1, -0.05) is 32.4 Å². The zero-order valence-electron chi connectivity index (χ0n) is 11.8. The Bertz CT molecular complexity index is 366. The van der Waals surface area contributed by atoms with Crippen LogP contribution in [0.25, 0.3) is 0 Å². The first-order chi connectivity index (χ1) is 8.52. The van der Waals surface area contributed by atoms with Gasteiger partial charge in [0, 0.05) is 11.6 Å². The van der Waals surface area contributed by atoms with Crippen LogP contribution in [0.4, 0.5) is 5.69 Å². The summed E-state index contributed by atoms with van der Waals surface area (Å²) in [6.07, 6.45) is 1.22. The number of hydrogen-bond donors (Lipinski definition) is 1. The molecule has 0 radical (unpaired) electrons. The Morgan fingerprint density at radius 1 is 1.28 bits per heavy atom. The van der Waals surface area contributed by atoms with Crippen molar-refractivity contribution in [1.82, 2.24) is 0 Å². The van der Waals surface area contributed by atoms with Gasteiger partial charge in [-0.3, -0.25) is 0 Å². The first kappa shape index (κ1) is 15.2. The topological polar surface area (TPSA) is 21.3 Å². The predicted molar refractivity (Wildman–Crippen MR) is 79.7 cm³/mol. The van der Waals surface area contributed by atoms with Gasteiger partial charge in [0.15, 0.2) is 0 Å². The second kappa shape index (κ2) is 7.52. The monoisotopic (exact) mass is 269 g/mol. The van der Waals surface area contributed by atoms with Crippen LogP contribution in [-0.4, -0.2) is 13.2 Å². The lowest BCUT2D eigenvalue weighted by molar-refractivity contribution is 0.341. The van der Waals surface area contributed by atoms with Gasteiger partial charge in [0.25, 0.3) is 0 Å². The molecule has 0 bridgehead atoms. The van der Waals surface area contributed by atoms with Crippen LogP contribution in [0.5, 0.6) is 5.75 Å². The number of nitrogens with one attached hydrogen (secondary N) is 1. The highest BCUT2D eigenvalue weighted by Gasteiger charge is 2.08. The Hall–Kier alpha value is -0.890. The molecule has 0 saturated heterocycles. The number of benzene rings is 1. The van der Waals surface area contributed by atoms with Gasteiger partial charge in [0.05, 0.1) is 12.3 Å². The van der Waals surface area contributed by atoms with Crippen LogP contribution in [0.3, 0.4) is 0 Å². The molecule has 1 N–H and O–H groups in total. The molecule has 0 saturated carbocycles. The highest BCUT2D eigenvalue weighted by atomic mass is 35.5. The van der Waals surface area contributed by atoms with Gasteiger partial charge >= 0.3 is 0 Å². The minimum atomic E-state index is 0.637. The summed E-state index contributed by atoms with van der Waals surface area (Å²) >= 11 is 6.02. The van der Waals surface area contributed by atoms with Crippen molar-refractivity contribution in [1.29, 1.82) is 0 Å². The van der Waals surface area contributed by atoms with E-state index in [1.54, 1.807) is 0 Å². The van der Waals surface area contributed by atoms with Crippen LogP contribution in [0, 0.1) is 11.8 Å². The largest absolute Gasteiger partial charge is 0.492 e. The zero-order valence-corrected chi connectivity index (χ0v) is 12.6. The molecule has 18 heavy (non-hydrogen) atoms. The van der Waals surface area contributed by atoms with Crippen molar-refractivity contribution in [2.24, 2.45) is 11.8 Å². The molecule has 1 rings (SSSR count). The maximum Gasteiger partial charge on any atom is 0.142 e. The Balaban J connectivity index is 2.62. The Labute approximate surface area is 116 Å². The van der Waals surface area contributed by atoms with E-state index in [2.05, 4.69) is 26.1 Å². The maximum absolute atomic E-state index is 6.02. The van der Waals surface area contributed by atoms with Gasteiger partial charge < -0.3 is 10.1 Å². The molecule has 2 nitrogen and oxygen atoms in total. The highest BCUT2D eigenvalue weighted by molar-refractivity contribution is 6.30. The fourth-order valence-electron chi connectivity index (χ4n) is 2.09. The fraction of sp³-hybridized carbons (Fsp3) is 0.600. The average molecular weight is 270 g/mol. The minimum absolute atomic E-state index is 0.637. The number of hydrogen-bond acceptors (Lipinski definition) is 2. The Morgan fingerprint density at radius 2 is 2.00 bits per heavy atom. The molecule has 0 amide bonds. The smallest absolute Gasteiger partial charge is 0.142 e. The standard InChI is InChI=1S/C15H24ClNO/c1-5-18-15-7-6-13(16)9-14(15)17-10-12(4)8-11(2)3/h6-7,9,11-12,17H,5,8,10H2,1-4H3. The second-order valence-corrected chi connectivity index (χ2v) is 5.63. The van der Waals surface area contributed by atoms with Crippen molar-refractivity contribution < 1.29 is 4.74 Å². The van der Waals surface area contributed by atoms with E-state index in [0.717, 1.165) is 28.9 Å². The molecule has 1 atom stereocenters. The van der Waals surface area contributed by atoms with Gasteiger partial charge in [-0.2, -0.15) is 0 Å². The Morgan fingerprint density at radius 3 is 2.61 bits per heavy atom. The summed E-state index contributed by atoms with van der Waals surface area (Å²) in [6.45, 7) is 10.4. The number of anilines is 1. The molecule has 0 fully saturated rings. The van der Waals surface area contributed by atoms with E-state index in [1.807, 2.05) is 25.1 Å².